The number of rotatable bonds is 8. The summed E-state index contributed by atoms with van der Waals surface area (Å²) in [4.78, 5) is 37.8. The summed E-state index contributed by atoms with van der Waals surface area (Å²) in [7, 11) is 0. The number of aryl methyl sites for hydroxylation is 3. The zero-order valence-electron chi connectivity index (χ0n) is 19.9. The van der Waals surface area contributed by atoms with Gasteiger partial charge in [-0.05, 0) is 37.3 Å². The van der Waals surface area contributed by atoms with E-state index in [2.05, 4.69) is 27.3 Å². The molecule has 0 spiro atoms. The minimum Gasteiger partial charge on any atom is -0.391 e. The number of hydrogen-bond acceptors (Lipinski definition) is 8. The summed E-state index contributed by atoms with van der Waals surface area (Å²) >= 11 is 1.61. The quantitative estimate of drug-likeness (QED) is 0.521. The van der Waals surface area contributed by atoms with Gasteiger partial charge >= 0.3 is 0 Å². The fraction of sp³-hybridized carbons (Fsp3) is 0.480. The van der Waals surface area contributed by atoms with Crippen molar-refractivity contribution in [1.82, 2.24) is 20.0 Å². The maximum Gasteiger partial charge on any atom is 0.239 e. The van der Waals surface area contributed by atoms with E-state index in [-0.39, 0.29) is 36.5 Å². The SMILES string of the molecule is Cc1noc([C@H](C(=O)N2C[C@H](O)C[C@H]2C(=O)CCc2ccc(-c3scnc3C)cc2)C(C)C)n1. The molecule has 1 aliphatic heterocycles. The number of amides is 1. The molecular formula is C25H30N4O4S. The summed E-state index contributed by atoms with van der Waals surface area (Å²) in [6.07, 6.45) is 0.400. The number of hydrogen-bond donors (Lipinski definition) is 1. The number of β-amino-alcohol motifs (C(OH)–C–C–N with tert-alkyl or cyclic N) is 1. The number of aliphatic hydroxyl groups excluding tert-OH is 1. The van der Waals surface area contributed by atoms with Crippen LogP contribution in [0.2, 0.25) is 0 Å². The third kappa shape index (κ3) is 5.10. The third-order valence-electron chi connectivity index (χ3n) is 6.30. The van der Waals surface area contributed by atoms with Gasteiger partial charge < -0.3 is 14.5 Å². The summed E-state index contributed by atoms with van der Waals surface area (Å²) in [6, 6.07) is 7.51. The second kappa shape index (κ2) is 10.1. The number of likely N-dealkylation sites (tertiary alicyclic amines) is 1. The molecule has 1 aliphatic rings. The number of benzene rings is 1. The Kier molecular flexibility index (Phi) is 7.23. The van der Waals surface area contributed by atoms with Crippen LogP contribution in [0.25, 0.3) is 10.4 Å². The van der Waals surface area contributed by atoms with Gasteiger partial charge in [0.1, 0.15) is 5.92 Å². The van der Waals surface area contributed by atoms with Gasteiger partial charge in [-0.2, -0.15) is 4.98 Å². The van der Waals surface area contributed by atoms with Crippen molar-refractivity contribution in [1.29, 1.82) is 0 Å². The lowest BCUT2D eigenvalue weighted by molar-refractivity contribution is -0.140. The standard InChI is InChI=1S/C25H30N4O4S/c1-14(2)22(24-27-16(4)28-33-24)25(32)29-12-19(30)11-20(29)21(31)10-7-17-5-8-18(9-6-17)23-15(3)26-13-34-23/h5-6,8-9,13-14,19-20,22,30H,7,10-12H2,1-4H3/t19-,20+,22-/m1/s1. The van der Waals surface area contributed by atoms with Gasteiger partial charge in [0.2, 0.25) is 11.8 Å². The molecule has 9 heteroatoms. The highest BCUT2D eigenvalue weighted by Gasteiger charge is 2.43. The maximum atomic E-state index is 13.4. The Hall–Kier alpha value is -2.91. The van der Waals surface area contributed by atoms with Crippen LogP contribution in [0.3, 0.4) is 0 Å². The van der Waals surface area contributed by atoms with Crippen molar-refractivity contribution in [2.75, 3.05) is 6.54 Å². The first-order valence-corrected chi connectivity index (χ1v) is 12.4. The van der Waals surface area contributed by atoms with E-state index in [1.165, 1.54) is 4.90 Å². The molecule has 1 amide bonds. The van der Waals surface area contributed by atoms with Crippen molar-refractivity contribution in [2.45, 2.75) is 65.0 Å². The second-order valence-corrected chi connectivity index (χ2v) is 10.1. The van der Waals surface area contributed by atoms with Crippen molar-refractivity contribution in [3.63, 3.8) is 0 Å². The fourth-order valence-corrected chi connectivity index (χ4v) is 5.30. The second-order valence-electron chi connectivity index (χ2n) is 9.23. The number of aromatic nitrogens is 3. The lowest BCUT2D eigenvalue weighted by atomic mass is 9.93. The highest BCUT2D eigenvalue weighted by molar-refractivity contribution is 7.13. The topological polar surface area (TPSA) is 109 Å². The predicted molar refractivity (Wildman–Crippen MR) is 128 cm³/mol. The van der Waals surface area contributed by atoms with Crippen LogP contribution in [-0.2, 0) is 16.0 Å². The molecule has 0 unspecified atom stereocenters. The van der Waals surface area contributed by atoms with Crippen molar-refractivity contribution in [2.24, 2.45) is 5.92 Å². The average Bonchev–Trinajstić information content (AvgIpc) is 3.52. The van der Waals surface area contributed by atoms with E-state index in [1.54, 1.807) is 18.3 Å². The van der Waals surface area contributed by atoms with E-state index in [0.29, 0.717) is 18.7 Å². The van der Waals surface area contributed by atoms with Gasteiger partial charge in [-0.25, -0.2) is 4.98 Å². The molecule has 180 valence electrons. The normalized spacial score (nSPS) is 19.1. The number of carbonyl (C=O) groups is 2. The molecule has 0 aliphatic carbocycles. The van der Waals surface area contributed by atoms with Crippen molar-refractivity contribution >= 4 is 23.0 Å². The van der Waals surface area contributed by atoms with E-state index in [0.717, 1.165) is 21.7 Å². The summed E-state index contributed by atoms with van der Waals surface area (Å²) in [5.74, 6) is -0.333. The molecule has 3 atom stereocenters. The summed E-state index contributed by atoms with van der Waals surface area (Å²) in [5.41, 5.74) is 5.01. The molecule has 0 bridgehead atoms. The van der Waals surface area contributed by atoms with Crippen molar-refractivity contribution in [3.8, 4) is 10.4 Å². The zero-order valence-corrected chi connectivity index (χ0v) is 20.7. The minimum atomic E-state index is -0.725. The lowest BCUT2D eigenvalue weighted by Gasteiger charge is -2.28. The molecule has 0 radical (unpaired) electrons. The lowest BCUT2D eigenvalue weighted by Crippen LogP contribution is -2.44. The number of Topliss-reactive ketones (excluding diaryl/α,β-unsaturated/α-hetero) is 1. The molecule has 1 fully saturated rings. The number of nitrogens with zero attached hydrogens (tertiary/aromatic N) is 4. The third-order valence-corrected chi connectivity index (χ3v) is 7.28. The van der Waals surface area contributed by atoms with E-state index in [1.807, 2.05) is 38.4 Å². The van der Waals surface area contributed by atoms with Crippen LogP contribution in [0.1, 0.15) is 55.6 Å². The molecular weight excluding hydrogens is 452 g/mol. The van der Waals surface area contributed by atoms with Gasteiger partial charge in [0.25, 0.3) is 0 Å². The Morgan fingerprint density at radius 1 is 1.24 bits per heavy atom. The van der Waals surface area contributed by atoms with Gasteiger partial charge in [-0.15, -0.1) is 11.3 Å². The van der Waals surface area contributed by atoms with Crippen LogP contribution in [0.4, 0.5) is 0 Å². The molecule has 3 heterocycles. The minimum absolute atomic E-state index is 0.0449. The van der Waals surface area contributed by atoms with Gasteiger partial charge in [0.05, 0.1) is 28.2 Å². The Bertz CT molecular complexity index is 1150. The molecule has 1 saturated heterocycles. The first kappa shape index (κ1) is 24.2. The molecule has 3 aromatic rings. The number of aliphatic hydroxyl groups is 1. The van der Waals surface area contributed by atoms with Crippen LogP contribution in [0, 0.1) is 19.8 Å². The molecule has 4 rings (SSSR count). The molecule has 1 aromatic carbocycles. The van der Waals surface area contributed by atoms with Crippen LogP contribution in [0.5, 0.6) is 0 Å². The number of carbonyl (C=O) groups excluding carboxylic acids is 2. The van der Waals surface area contributed by atoms with Crippen LogP contribution < -0.4 is 0 Å². The van der Waals surface area contributed by atoms with Crippen LogP contribution in [-0.4, -0.2) is 55.5 Å². The molecule has 34 heavy (non-hydrogen) atoms. The molecule has 0 saturated carbocycles. The van der Waals surface area contributed by atoms with Gasteiger partial charge in [-0.1, -0.05) is 43.3 Å². The van der Waals surface area contributed by atoms with Gasteiger partial charge in [0, 0.05) is 19.4 Å². The Morgan fingerprint density at radius 3 is 2.56 bits per heavy atom. The van der Waals surface area contributed by atoms with E-state index in [4.69, 9.17) is 4.52 Å². The fourth-order valence-electron chi connectivity index (χ4n) is 4.49. The van der Waals surface area contributed by atoms with E-state index < -0.39 is 18.1 Å². The smallest absolute Gasteiger partial charge is 0.239 e. The molecule has 8 nitrogen and oxygen atoms in total. The zero-order chi connectivity index (χ0) is 24.4. The highest BCUT2D eigenvalue weighted by Crippen LogP contribution is 2.31. The Labute approximate surface area is 203 Å². The molecule has 2 aromatic heterocycles. The Balaban J connectivity index is 1.43. The first-order valence-electron chi connectivity index (χ1n) is 11.6. The predicted octanol–water partition coefficient (Wildman–Crippen LogP) is 3.71. The van der Waals surface area contributed by atoms with Crippen LogP contribution >= 0.6 is 11.3 Å². The summed E-state index contributed by atoms with van der Waals surface area (Å²) < 4.78 is 5.28. The average molecular weight is 483 g/mol. The first-order chi connectivity index (χ1) is 16.2. The number of thiazole rings is 1. The summed E-state index contributed by atoms with van der Waals surface area (Å²) in [6.45, 7) is 7.64. The Morgan fingerprint density at radius 2 is 1.97 bits per heavy atom. The van der Waals surface area contributed by atoms with E-state index in [9.17, 15) is 14.7 Å². The summed E-state index contributed by atoms with van der Waals surface area (Å²) in [5, 5.41) is 14.1. The largest absolute Gasteiger partial charge is 0.391 e. The molecule has 1 N–H and O–H groups in total. The van der Waals surface area contributed by atoms with Crippen LogP contribution in [0.15, 0.2) is 34.3 Å². The highest BCUT2D eigenvalue weighted by atomic mass is 32.1. The maximum absolute atomic E-state index is 13.4. The van der Waals surface area contributed by atoms with Gasteiger partial charge in [-0.3, -0.25) is 9.59 Å². The van der Waals surface area contributed by atoms with Gasteiger partial charge in [0.15, 0.2) is 11.6 Å². The monoisotopic (exact) mass is 482 g/mol. The van der Waals surface area contributed by atoms with E-state index >= 15 is 0 Å². The van der Waals surface area contributed by atoms with Crippen molar-refractivity contribution in [3.05, 3.63) is 52.7 Å². The number of ketones is 1. The van der Waals surface area contributed by atoms with Crippen molar-refractivity contribution < 1.29 is 19.2 Å².